The second-order valence-electron chi connectivity index (χ2n) is 3.95. The van der Waals surface area contributed by atoms with Crippen LogP contribution < -0.4 is 5.32 Å². The van der Waals surface area contributed by atoms with E-state index in [0.29, 0.717) is 12.6 Å². The van der Waals surface area contributed by atoms with Gasteiger partial charge in [-0.2, -0.15) is 13.2 Å². The Labute approximate surface area is 111 Å². The van der Waals surface area contributed by atoms with E-state index in [2.05, 4.69) is 15.5 Å². The highest BCUT2D eigenvalue weighted by Crippen LogP contribution is 2.35. The third kappa shape index (κ3) is 2.96. The average Bonchev–Trinajstić information content (AvgIpc) is 2.83. The minimum atomic E-state index is -4.77. The summed E-state index contributed by atoms with van der Waals surface area (Å²) in [6, 6.07) is 2.92. The molecule has 0 radical (unpaired) electrons. The number of hydrogen-bond donors (Lipinski definition) is 1. The van der Waals surface area contributed by atoms with Gasteiger partial charge in [0.25, 0.3) is 5.89 Å². The minimum absolute atomic E-state index is 0.179. The van der Waals surface area contributed by atoms with E-state index in [9.17, 15) is 17.6 Å². The highest BCUT2D eigenvalue weighted by molar-refractivity contribution is 5.55. The van der Waals surface area contributed by atoms with Gasteiger partial charge in [-0.05, 0) is 18.7 Å². The molecule has 2 aromatic rings. The fraction of sp³-hybridized carbons (Fsp3) is 0.333. The van der Waals surface area contributed by atoms with Gasteiger partial charge in [0, 0.05) is 0 Å². The van der Waals surface area contributed by atoms with Gasteiger partial charge >= 0.3 is 6.18 Å². The predicted molar refractivity (Wildman–Crippen MR) is 62.1 cm³/mol. The summed E-state index contributed by atoms with van der Waals surface area (Å²) in [7, 11) is 0. The van der Waals surface area contributed by atoms with Gasteiger partial charge < -0.3 is 9.73 Å². The van der Waals surface area contributed by atoms with Crippen LogP contribution in [0.15, 0.2) is 22.6 Å². The Balaban J connectivity index is 2.36. The Hall–Kier alpha value is -1.96. The van der Waals surface area contributed by atoms with Gasteiger partial charge in [-0.25, -0.2) is 4.39 Å². The maximum absolute atomic E-state index is 13.9. The third-order valence-corrected chi connectivity index (χ3v) is 2.53. The van der Waals surface area contributed by atoms with Crippen molar-refractivity contribution in [3.8, 4) is 11.5 Å². The van der Waals surface area contributed by atoms with Gasteiger partial charge in [-0.1, -0.05) is 13.0 Å². The first kappa shape index (κ1) is 14.4. The summed E-state index contributed by atoms with van der Waals surface area (Å²) >= 11 is 0. The molecule has 4 nitrogen and oxygen atoms in total. The minimum Gasteiger partial charge on any atom is -0.419 e. The van der Waals surface area contributed by atoms with Crippen LogP contribution in [0.3, 0.4) is 0 Å². The van der Waals surface area contributed by atoms with Crippen molar-refractivity contribution in [3.05, 3.63) is 35.5 Å². The van der Waals surface area contributed by atoms with E-state index in [1.54, 1.807) is 0 Å². The number of nitrogens with one attached hydrogen (secondary N) is 1. The SMILES string of the molecule is CCNCc1nnc(-c2cccc(C(F)(F)F)c2F)o1. The molecule has 8 heteroatoms. The van der Waals surface area contributed by atoms with Crippen LogP contribution in [0.2, 0.25) is 0 Å². The Morgan fingerprint density at radius 3 is 2.65 bits per heavy atom. The molecule has 0 aliphatic rings. The van der Waals surface area contributed by atoms with E-state index >= 15 is 0 Å². The summed E-state index contributed by atoms with van der Waals surface area (Å²) in [6.45, 7) is 2.80. The quantitative estimate of drug-likeness (QED) is 0.879. The molecular weight excluding hydrogens is 278 g/mol. The van der Waals surface area contributed by atoms with Crippen LogP contribution in [-0.2, 0) is 12.7 Å². The van der Waals surface area contributed by atoms with Crippen LogP contribution in [0.5, 0.6) is 0 Å². The molecule has 0 fully saturated rings. The molecule has 1 heterocycles. The van der Waals surface area contributed by atoms with Crippen LogP contribution in [0, 0.1) is 5.82 Å². The van der Waals surface area contributed by atoms with Crippen molar-refractivity contribution in [3.63, 3.8) is 0 Å². The molecule has 1 aromatic carbocycles. The van der Waals surface area contributed by atoms with Gasteiger partial charge in [0.05, 0.1) is 17.7 Å². The van der Waals surface area contributed by atoms with E-state index in [1.165, 1.54) is 0 Å². The lowest BCUT2D eigenvalue weighted by atomic mass is 10.1. The Morgan fingerprint density at radius 1 is 1.25 bits per heavy atom. The number of nitrogens with zero attached hydrogens (tertiary/aromatic N) is 2. The first-order valence-corrected chi connectivity index (χ1v) is 5.82. The Morgan fingerprint density at radius 2 is 2.00 bits per heavy atom. The molecule has 0 saturated heterocycles. The van der Waals surface area contributed by atoms with E-state index in [0.717, 1.165) is 12.1 Å². The Bertz CT molecular complexity index is 595. The van der Waals surface area contributed by atoms with Gasteiger partial charge in [0.2, 0.25) is 5.89 Å². The summed E-state index contributed by atoms with van der Waals surface area (Å²) < 4.78 is 56.8. The van der Waals surface area contributed by atoms with E-state index in [4.69, 9.17) is 4.42 Å². The molecule has 0 spiro atoms. The van der Waals surface area contributed by atoms with Gasteiger partial charge in [-0.15, -0.1) is 10.2 Å². The topological polar surface area (TPSA) is 51.0 Å². The number of benzene rings is 1. The van der Waals surface area contributed by atoms with Gasteiger partial charge in [0.15, 0.2) is 0 Å². The molecule has 0 aliphatic carbocycles. The molecule has 108 valence electrons. The predicted octanol–water partition coefficient (Wildman–Crippen LogP) is 3.00. The molecule has 0 aliphatic heterocycles. The third-order valence-electron chi connectivity index (χ3n) is 2.53. The van der Waals surface area contributed by atoms with Crippen LogP contribution in [-0.4, -0.2) is 16.7 Å². The van der Waals surface area contributed by atoms with Gasteiger partial charge in [-0.3, -0.25) is 0 Å². The number of hydrogen-bond acceptors (Lipinski definition) is 4. The van der Waals surface area contributed by atoms with Crippen molar-refractivity contribution in [2.24, 2.45) is 0 Å². The van der Waals surface area contributed by atoms with Crippen molar-refractivity contribution >= 4 is 0 Å². The largest absolute Gasteiger partial charge is 0.419 e. The lowest BCUT2D eigenvalue weighted by Gasteiger charge is -2.09. The van der Waals surface area contributed by atoms with Crippen LogP contribution in [0.4, 0.5) is 17.6 Å². The molecule has 2 rings (SSSR count). The highest BCUT2D eigenvalue weighted by atomic mass is 19.4. The van der Waals surface area contributed by atoms with Gasteiger partial charge in [0.1, 0.15) is 5.82 Å². The van der Waals surface area contributed by atoms with Crippen molar-refractivity contribution in [1.82, 2.24) is 15.5 Å². The Kier molecular flexibility index (Phi) is 4.03. The van der Waals surface area contributed by atoms with Crippen LogP contribution in [0.25, 0.3) is 11.5 Å². The van der Waals surface area contributed by atoms with E-state index in [1.807, 2.05) is 6.92 Å². The number of aromatic nitrogens is 2. The second kappa shape index (κ2) is 5.58. The molecular formula is C12H11F4N3O. The van der Waals surface area contributed by atoms with Crippen molar-refractivity contribution in [2.75, 3.05) is 6.54 Å². The first-order valence-electron chi connectivity index (χ1n) is 5.82. The van der Waals surface area contributed by atoms with Crippen molar-refractivity contribution < 1.29 is 22.0 Å². The second-order valence-corrected chi connectivity index (χ2v) is 3.95. The summed E-state index contributed by atoms with van der Waals surface area (Å²) in [4.78, 5) is 0. The molecule has 0 atom stereocenters. The first-order chi connectivity index (χ1) is 9.43. The lowest BCUT2D eigenvalue weighted by molar-refractivity contribution is -0.139. The molecule has 1 N–H and O–H groups in total. The van der Waals surface area contributed by atoms with Crippen LogP contribution in [0.1, 0.15) is 18.4 Å². The zero-order valence-electron chi connectivity index (χ0n) is 10.5. The average molecular weight is 289 g/mol. The normalized spacial score (nSPS) is 11.8. The van der Waals surface area contributed by atoms with E-state index < -0.39 is 17.6 Å². The molecule has 20 heavy (non-hydrogen) atoms. The van der Waals surface area contributed by atoms with Crippen molar-refractivity contribution in [2.45, 2.75) is 19.6 Å². The zero-order chi connectivity index (χ0) is 14.8. The molecule has 0 bridgehead atoms. The van der Waals surface area contributed by atoms with Crippen molar-refractivity contribution in [1.29, 1.82) is 0 Å². The summed E-state index contributed by atoms with van der Waals surface area (Å²) in [5.74, 6) is -1.51. The summed E-state index contributed by atoms with van der Waals surface area (Å²) in [5, 5.41) is 10.1. The maximum atomic E-state index is 13.9. The lowest BCUT2D eigenvalue weighted by Crippen LogP contribution is -2.11. The fourth-order valence-electron chi connectivity index (χ4n) is 1.58. The molecule has 1 aromatic heterocycles. The highest BCUT2D eigenvalue weighted by Gasteiger charge is 2.35. The molecule has 0 unspecified atom stereocenters. The molecule has 0 saturated carbocycles. The number of rotatable bonds is 4. The zero-order valence-corrected chi connectivity index (χ0v) is 10.5. The van der Waals surface area contributed by atoms with Crippen LogP contribution >= 0.6 is 0 Å². The van der Waals surface area contributed by atoms with E-state index in [-0.39, 0.29) is 23.9 Å². The smallest absolute Gasteiger partial charge is 0.419 e. The number of alkyl halides is 3. The summed E-state index contributed by atoms with van der Waals surface area (Å²) in [5.41, 5.74) is -1.73. The summed E-state index contributed by atoms with van der Waals surface area (Å²) in [6.07, 6.45) is -4.77. The number of halogens is 4. The monoisotopic (exact) mass is 289 g/mol. The maximum Gasteiger partial charge on any atom is 0.419 e. The fourth-order valence-corrected chi connectivity index (χ4v) is 1.58. The standard InChI is InChI=1S/C12H11F4N3O/c1-2-17-6-9-18-19-11(20-9)7-4-3-5-8(10(7)13)12(14,15)16/h3-5,17H,2,6H2,1H3. The molecule has 0 amide bonds.